The molecule has 6 nitrogen and oxygen atoms in total. The van der Waals surface area contributed by atoms with E-state index >= 15 is 0 Å². The number of nitrogens with one attached hydrogen (secondary N) is 2. The van der Waals surface area contributed by atoms with Crippen LogP contribution < -0.4 is 5.32 Å². The molecule has 0 fully saturated rings. The monoisotopic (exact) mass is 314 g/mol. The lowest BCUT2D eigenvalue weighted by Gasteiger charge is -2.27. The fourth-order valence-corrected chi connectivity index (χ4v) is 2.79. The molecule has 0 saturated heterocycles. The van der Waals surface area contributed by atoms with Crippen LogP contribution in [-0.4, -0.2) is 47.9 Å². The summed E-state index contributed by atoms with van der Waals surface area (Å²) in [7, 11) is 1.62. The van der Waals surface area contributed by atoms with E-state index in [0.29, 0.717) is 26.2 Å². The zero-order valence-electron chi connectivity index (χ0n) is 13.6. The van der Waals surface area contributed by atoms with E-state index in [4.69, 9.17) is 4.74 Å². The maximum absolute atomic E-state index is 12.2. The van der Waals surface area contributed by atoms with Crippen molar-refractivity contribution in [3.63, 3.8) is 0 Å². The summed E-state index contributed by atoms with van der Waals surface area (Å²) in [4.78, 5) is 14.1. The number of methoxy groups -OCH3 is 1. The summed E-state index contributed by atoms with van der Waals surface area (Å²) in [5.74, 6) is 0. The molecule has 2 aromatic rings. The van der Waals surface area contributed by atoms with Crippen LogP contribution >= 0.6 is 0 Å². The predicted molar refractivity (Wildman–Crippen MR) is 88.1 cm³/mol. The van der Waals surface area contributed by atoms with Gasteiger partial charge in [-0.05, 0) is 6.92 Å². The van der Waals surface area contributed by atoms with Gasteiger partial charge in [-0.3, -0.25) is 5.10 Å². The highest BCUT2D eigenvalue weighted by atomic mass is 16.5. The summed E-state index contributed by atoms with van der Waals surface area (Å²) in [5, 5.41) is 10.5. The Morgan fingerprint density at radius 3 is 2.91 bits per heavy atom. The Labute approximate surface area is 135 Å². The first-order valence-electron chi connectivity index (χ1n) is 7.84. The maximum atomic E-state index is 12.2. The van der Waals surface area contributed by atoms with E-state index in [-0.39, 0.29) is 6.03 Å². The van der Waals surface area contributed by atoms with E-state index in [1.54, 1.807) is 7.11 Å². The van der Waals surface area contributed by atoms with Crippen molar-refractivity contribution in [1.82, 2.24) is 20.4 Å². The number of benzene rings is 1. The lowest BCUT2D eigenvalue weighted by molar-refractivity contribution is 0.176. The third-order valence-electron chi connectivity index (χ3n) is 4.13. The number of aryl methyl sites for hydroxylation is 1. The molecule has 2 heterocycles. The van der Waals surface area contributed by atoms with Crippen molar-refractivity contribution in [2.24, 2.45) is 0 Å². The molecule has 2 amide bonds. The Balaban J connectivity index is 1.76. The van der Waals surface area contributed by atoms with Gasteiger partial charge >= 0.3 is 6.03 Å². The fourth-order valence-electron chi connectivity index (χ4n) is 2.79. The van der Waals surface area contributed by atoms with Crippen LogP contribution in [0.2, 0.25) is 0 Å². The van der Waals surface area contributed by atoms with Crippen LogP contribution in [0.25, 0.3) is 11.3 Å². The maximum Gasteiger partial charge on any atom is 0.317 e. The van der Waals surface area contributed by atoms with E-state index in [2.05, 4.69) is 46.7 Å². The van der Waals surface area contributed by atoms with Crippen LogP contribution in [0.15, 0.2) is 24.3 Å². The van der Waals surface area contributed by atoms with Gasteiger partial charge in [-0.1, -0.05) is 29.8 Å². The Bertz CT molecular complexity index is 678. The van der Waals surface area contributed by atoms with Crippen LogP contribution in [-0.2, 0) is 17.7 Å². The quantitative estimate of drug-likeness (QED) is 0.849. The SMILES string of the molecule is COCCNC(=O)N1CCc2[nH]nc(-c3ccc(C)cc3)c2C1. The highest BCUT2D eigenvalue weighted by Crippen LogP contribution is 2.28. The lowest BCUT2D eigenvalue weighted by atomic mass is 10.0. The molecule has 3 rings (SSSR count). The second kappa shape index (κ2) is 6.83. The van der Waals surface area contributed by atoms with Crippen molar-refractivity contribution < 1.29 is 9.53 Å². The first kappa shape index (κ1) is 15.6. The minimum Gasteiger partial charge on any atom is -0.383 e. The van der Waals surface area contributed by atoms with E-state index in [9.17, 15) is 4.79 Å². The average Bonchev–Trinajstić information content (AvgIpc) is 2.99. The summed E-state index contributed by atoms with van der Waals surface area (Å²) >= 11 is 0. The number of aromatic amines is 1. The Morgan fingerprint density at radius 1 is 1.39 bits per heavy atom. The van der Waals surface area contributed by atoms with Gasteiger partial charge in [0.25, 0.3) is 0 Å². The van der Waals surface area contributed by atoms with Gasteiger partial charge in [0.2, 0.25) is 0 Å². The molecule has 2 N–H and O–H groups in total. The summed E-state index contributed by atoms with van der Waals surface area (Å²) in [6.07, 6.45) is 0.798. The number of carbonyl (C=O) groups excluding carboxylic acids is 1. The minimum atomic E-state index is -0.0521. The van der Waals surface area contributed by atoms with E-state index in [1.807, 2.05) is 4.90 Å². The number of carbonyl (C=O) groups is 1. The molecule has 0 atom stereocenters. The molecule has 0 unspecified atom stereocenters. The molecule has 1 aliphatic rings. The average molecular weight is 314 g/mol. The third kappa shape index (κ3) is 3.37. The molecule has 122 valence electrons. The minimum absolute atomic E-state index is 0.0521. The van der Waals surface area contributed by atoms with Gasteiger partial charge in [0, 0.05) is 43.4 Å². The molecule has 0 spiro atoms. The summed E-state index contributed by atoms with van der Waals surface area (Å²) < 4.78 is 4.96. The Kier molecular flexibility index (Phi) is 4.62. The first-order valence-corrected chi connectivity index (χ1v) is 7.84. The number of amides is 2. The molecule has 0 aliphatic carbocycles. The van der Waals surface area contributed by atoms with Crippen molar-refractivity contribution in [3.05, 3.63) is 41.1 Å². The van der Waals surface area contributed by atoms with Crippen LogP contribution in [0.3, 0.4) is 0 Å². The molecule has 1 aromatic carbocycles. The highest BCUT2D eigenvalue weighted by molar-refractivity contribution is 5.75. The molecule has 23 heavy (non-hydrogen) atoms. The zero-order valence-corrected chi connectivity index (χ0v) is 13.6. The number of nitrogens with zero attached hydrogens (tertiary/aromatic N) is 2. The molecular formula is C17H22N4O2. The van der Waals surface area contributed by atoms with Crippen LogP contribution in [0.1, 0.15) is 16.8 Å². The number of hydrogen-bond donors (Lipinski definition) is 2. The van der Waals surface area contributed by atoms with Gasteiger partial charge in [-0.25, -0.2) is 4.79 Å². The summed E-state index contributed by atoms with van der Waals surface area (Å²) in [5.41, 5.74) is 5.48. The van der Waals surface area contributed by atoms with Crippen molar-refractivity contribution in [2.45, 2.75) is 19.9 Å². The first-order chi connectivity index (χ1) is 11.2. The van der Waals surface area contributed by atoms with Crippen LogP contribution in [0, 0.1) is 6.92 Å². The van der Waals surface area contributed by atoms with Crippen LogP contribution in [0.4, 0.5) is 4.79 Å². The van der Waals surface area contributed by atoms with Crippen molar-refractivity contribution >= 4 is 6.03 Å². The normalized spacial score (nSPS) is 13.7. The smallest absolute Gasteiger partial charge is 0.317 e. The molecule has 0 bridgehead atoms. The van der Waals surface area contributed by atoms with Gasteiger partial charge < -0.3 is 15.0 Å². The lowest BCUT2D eigenvalue weighted by Crippen LogP contribution is -2.43. The molecule has 1 aliphatic heterocycles. The van der Waals surface area contributed by atoms with Crippen molar-refractivity contribution in [3.8, 4) is 11.3 Å². The van der Waals surface area contributed by atoms with Gasteiger partial charge in [0.05, 0.1) is 18.8 Å². The van der Waals surface area contributed by atoms with E-state index in [1.165, 1.54) is 5.56 Å². The van der Waals surface area contributed by atoms with E-state index in [0.717, 1.165) is 28.9 Å². The molecular weight excluding hydrogens is 292 g/mol. The molecule has 0 radical (unpaired) electrons. The molecule has 1 aromatic heterocycles. The predicted octanol–water partition coefficient (Wildman–Crippen LogP) is 2.10. The zero-order chi connectivity index (χ0) is 16.2. The number of rotatable bonds is 4. The van der Waals surface area contributed by atoms with Crippen molar-refractivity contribution in [1.29, 1.82) is 0 Å². The summed E-state index contributed by atoms with van der Waals surface area (Å²) in [6.45, 7) is 4.38. The number of aromatic nitrogens is 2. The molecule has 0 saturated carbocycles. The second-order valence-corrected chi connectivity index (χ2v) is 5.79. The number of ether oxygens (including phenoxy) is 1. The molecule has 6 heteroatoms. The highest BCUT2D eigenvalue weighted by Gasteiger charge is 2.25. The third-order valence-corrected chi connectivity index (χ3v) is 4.13. The second-order valence-electron chi connectivity index (χ2n) is 5.79. The Morgan fingerprint density at radius 2 is 2.17 bits per heavy atom. The van der Waals surface area contributed by atoms with Gasteiger partial charge in [-0.2, -0.15) is 5.10 Å². The van der Waals surface area contributed by atoms with E-state index < -0.39 is 0 Å². The summed E-state index contributed by atoms with van der Waals surface area (Å²) in [6, 6.07) is 8.25. The Hall–Kier alpha value is -2.34. The van der Waals surface area contributed by atoms with Gasteiger partial charge in [0.15, 0.2) is 0 Å². The number of fused-ring (bicyclic) bond motifs is 1. The largest absolute Gasteiger partial charge is 0.383 e. The van der Waals surface area contributed by atoms with Crippen molar-refractivity contribution in [2.75, 3.05) is 26.8 Å². The number of H-pyrrole nitrogens is 1. The number of hydrogen-bond acceptors (Lipinski definition) is 3. The fraction of sp³-hybridized carbons (Fsp3) is 0.412. The number of urea groups is 1. The topological polar surface area (TPSA) is 70.2 Å². The van der Waals surface area contributed by atoms with Gasteiger partial charge in [0.1, 0.15) is 0 Å². The standard InChI is InChI=1S/C17H22N4O2/c1-12-3-5-13(6-4-12)16-14-11-21(9-7-15(14)19-20-16)17(22)18-8-10-23-2/h3-6H,7-11H2,1-2H3,(H,18,22)(H,19,20). The van der Waals surface area contributed by atoms with Gasteiger partial charge in [-0.15, -0.1) is 0 Å². The van der Waals surface area contributed by atoms with Crippen LogP contribution in [0.5, 0.6) is 0 Å².